The van der Waals surface area contributed by atoms with Crippen LogP contribution in [0.5, 0.6) is 0 Å². The van der Waals surface area contributed by atoms with Gasteiger partial charge in [-0.15, -0.1) is 0 Å². The van der Waals surface area contributed by atoms with Gasteiger partial charge in [0.25, 0.3) is 0 Å². The van der Waals surface area contributed by atoms with Crippen molar-refractivity contribution in [2.45, 2.75) is 49.3 Å². The van der Waals surface area contributed by atoms with E-state index < -0.39 is 5.82 Å². The summed E-state index contributed by atoms with van der Waals surface area (Å²) in [4.78, 5) is 5.65. The third kappa shape index (κ3) is 2.23. The second kappa shape index (κ2) is 4.91. The van der Waals surface area contributed by atoms with Gasteiger partial charge in [0.1, 0.15) is 11.4 Å². The molecule has 0 radical (unpaired) electrons. The molecule has 0 aromatic heterocycles. The lowest BCUT2D eigenvalue weighted by molar-refractivity contribution is -0.208. The highest BCUT2D eigenvalue weighted by molar-refractivity contribution is 6.30. The fourth-order valence-electron chi connectivity index (χ4n) is 3.67. The normalized spacial score (nSPS) is 37.0. The summed E-state index contributed by atoms with van der Waals surface area (Å²) >= 11 is 5.72. The van der Waals surface area contributed by atoms with E-state index in [1.54, 1.807) is 12.1 Å². The van der Waals surface area contributed by atoms with Crippen molar-refractivity contribution in [2.24, 2.45) is 10.9 Å². The fraction of sp³-hybridized carbons (Fsp3) is 0.562. The monoisotopic (exact) mass is 324 g/mol. The fourth-order valence-corrected chi connectivity index (χ4v) is 3.79. The number of hydrogen-bond acceptors (Lipinski definition) is 4. The van der Waals surface area contributed by atoms with Gasteiger partial charge in [-0.2, -0.15) is 0 Å². The summed E-state index contributed by atoms with van der Waals surface area (Å²) in [7, 11) is 0. The topological polar surface area (TPSA) is 56.8 Å². The zero-order valence-corrected chi connectivity index (χ0v) is 12.9. The summed E-state index contributed by atoms with van der Waals surface area (Å²) in [6, 6.07) is 4.71. The second-order valence-electron chi connectivity index (χ2n) is 6.68. The van der Waals surface area contributed by atoms with Crippen molar-refractivity contribution in [3.63, 3.8) is 0 Å². The van der Waals surface area contributed by atoms with E-state index in [-0.39, 0.29) is 22.3 Å². The summed E-state index contributed by atoms with van der Waals surface area (Å²) in [5.74, 6) is -0.442. The van der Waals surface area contributed by atoms with Crippen LogP contribution >= 0.6 is 11.6 Å². The van der Waals surface area contributed by atoms with Crippen LogP contribution < -0.4 is 5.73 Å². The van der Waals surface area contributed by atoms with Crippen LogP contribution in [0.4, 0.5) is 4.39 Å². The molecule has 2 N–H and O–H groups in total. The lowest BCUT2D eigenvalue weighted by atomic mass is 9.69. The van der Waals surface area contributed by atoms with Gasteiger partial charge in [-0.3, -0.25) is 0 Å². The molecule has 3 fully saturated rings. The third-order valence-electron chi connectivity index (χ3n) is 5.25. The number of ether oxygens (including phenoxy) is 1. The van der Waals surface area contributed by atoms with Crippen molar-refractivity contribution in [1.82, 2.24) is 0 Å². The Kier molecular flexibility index (Phi) is 3.22. The summed E-state index contributed by atoms with van der Waals surface area (Å²) in [6.07, 6.45) is 4.21. The maximum atomic E-state index is 13.6. The first-order valence-corrected chi connectivity index (χ1v) is 7.99. The molecule has 1 saturated carbocycles. The van der Waals surface area contributed by atoms with Gasteiger partial charge in [0, 0.05) is 17.5 Å². The minimum absolute atomic E-state index is 0.112. The molecule has 2 saturated heterocycles. The molecule has 3 heterocycles. The zero-order chi connectivity index (χ0) is 15.4. The van der Waals surface area contributed by atoms with Gasteiger partial charge in [-0.25, -0.2) is 4.39 Å². The predicted molar refractivity (Wildman–Crippen MR) is 81.5 cm³/mol. The molecule has 6 heteroatoms. The molecule has 3 aliphatic heterocycles. The van der Waals surface area contributed by atoms with E-state index in [0.29, 0.717) is 18.6 Å². The van der Waals surface area contributed by atoms with Crippen LogP contribution in [0.1, 0.15) is 37.7 Å². The van der Waals surface area contributed by atoms with Crippen LogP contribution in [0.25, 0.3) is 0 Å². The van der Waals surface area contributed by atoms with Crippen molar-refractivity contribution in [3.05, 3.63) is 34.6 Å². The number of nitrogens with two attached hydrogens (primary N) is 1. The molecule has 0 amide bonds. The van der Waals surface area contributed by atoms with Crippen molar-refractivity contribution < 1.29 is 14.0 Å². The van der Waals surface area contributed by atoms with Crippen molar-refractivity contribution in [2.75, 3.05) is 6.61 Å². The molecule has 118 valence electrons. The SMILES string of the molecule is NC12CCC(C3CC(c4ccc(Cl)c(F)c4)=NO3)(CC1)OC2. The van der Waals surface area contributed by atoms with Gasteiger partial charge < -0.3 is 15.3 Å². The van der Waals surface area contributed by atoms with Gasteiger partial charge in [0.05, 0.1) is 17.3 Å². The molecular formula is C16H18ClFN2O2. The van der Waals surface area contributed by atoms with Gasteiger partial charge in [0.2, 0.25) is 0 Å². The van der Waals surface area contributed by atoms with Crippen LogP contribution in [-0.2, 0) is 9.57 Å². The summed E-state index contributed by atoms with van der Waals surface area (Å²) in [6.45, 7) is 0.581. The van der Waals surface area contributed by atoms with Crippen LogP contribution in [0.15, 0.2) is 23.4 Å². The highest BCUT2D eigenvalue weighted by Crippen LogP contribution is 2.47. The van der Waals surface area contributed by atoms with Gasteiger partial charge in [0.15, 0.2) is 6.10 Å². The first kappa shape index (κ1) is 14.4. The van der Waals surface area contributed by atoms with E-state index >= 15 is 0 Å². The molecule has 1 aliphatic carbocycles. The third-order valence-corrected chi connectivity index (χ3v) is 5.55. The largest absolute Gasteiger partial charge is 0.389 e. The molecule has 1 aromatic carbocycles. The Labute approximate surface area is 133 Å². The Morgan fingerprint density at radius 3 is 2.68 bits per heavy atom. The number of fused-ring (bicyclic) bond motifs is 3. The Hall–Kier alpha value is -1.17. The Morgan fingerprint density at radius 2 is 2.05 bits per heavy atom. The van der Waals surface area contributed by atoms with Crippen molar-refractivity contribution >= 4 is 17.3 Å². The Balaban J connectivity index is 1.51. The van der Waals surface area contributed by atoms with Gasteiger partial charge in [-0.1, -0.05) is 22.8 Å². The number of halogens is 2. The van der Waals surface area contributed by atoms with E-state index in [1.807, 2.05) is 0 Å². The average molecular weight is 325 g/mol. The Morgan fingerprint density at radius 1 is 1.27 bits per heavy atom. The van der Waals surface area contributed by atoms with Crippen molar-refractivity contribution in [3.8, 4) is 0 Å². The molecule has 1 atom stereocenters. The maximum Gasteiger partial charge on any atom is 0.161 e. The molecule has 5 rings (SSSR count). The van der Waals surface area contributed by atoms with E-state index in [4.69, 9.17) is 26.9 Å². The molecule has 1 unspecified atom stereocenters. The van der Waals surface area contributed by atoms with Gasteiger partial charge in [-0.05, 0) is 37.8 Å². The standard InChI is InChI=1S/C16H18ClFN2O2/c17-11-2-1-10(7-12(11)18)13-8-14(22-20-13)16-5-3-15(19,4-6-16)9-21-16/h1-2,7,14H,3-6,8-9,19H2. The summed E-state index contributed by atoms with van der Waals surface area (Å²) in [5, 5.41) is 4.27. The van der Waals surface area contributed by atoms with E-state index in [2.05, 4.69) is 5.16 Å². The minimum Gasteiger partial charge on any atom is -0.389 e. The number of oxime groups is 1. The average Bonchev–Trinajstić information content (AvgIpc) is 3.02. The summed E-state index contributed by atoms with van der Waals surface area (Å²) < 4.78 is 19.7. The molecular weight excluding hydrogens is 307 g/mol. The summed E-state index contributed by atoms with van der Waals surface area (Å²) in [5.41, 5.74) is 7.25. The first-order chi connectivity index (χ1) is 10.5. The Bertz CT molecular complexity index is 625. The molecule has 0 spiro atoms. The quantitative estimate of drug-likeness (QED) is 0.909. The van der Waals surface area contributed by atoms with Crippen LogP contribution in [0.2, 0.25) is 5.02 Å². The lowest BCUT2D eigenvalue weighted by Gasteiger charge is -2.52. The van der Waals surface area contributed by atoms with Crippen LogP contribution in [0.3, 0.4) is 0 Å². The number of nitrogens with zero attached hydrogens (tertiary/aromatic N) is 1. The van der Waals surface area contributed by atoms with Gasteiger partial charge >= 0.3 is 0 Å². The molecule has 4 aliphatic rings. The molecule has 4 nitrogen and oxygen atoms in total. The maximum absolute atomic E-state index is 13.6. The zero-order valence-electron chi connectivity index (χ0n) is 12.1. The highest BCUT2D eigenvalue weighted by atomic mass is 35.5. The van der Waals surface area contributed by atoms with E-state index in [9.17, 15) is 4.39 Å². The van der Waals surface area contributed by atoms with E-state index in [1.165, 1.54) is 6.07 Å². The van der Waals surface area contributed by atoms with Crippen LogP contribution in [-0.4, -0.2) is 29.6 Å². The first-order valence-electron chi connectivity index (χ1n) is 7.61. The van der Waals surface area contributed by atoms with Crippen molar-refractivity contribution in [1.29, 1.82) is 0 Å². The predicted octanol–water partition coefficient (Wildman–Crippen LogP) is 3.01. The molecule has 1 aromatic rings. The highest BCUT2D eigenvalue weighted by Gasteiger charge is 2.54. The smallest absolute Gasteiger partial charge is 0.161 e. The number of rotatable bonds is 2. The van der Waals surface area contributed by atoms with Crippen LogP contribution in [0, 0.1) is 5.82 Å². The number of benzene rings is 1. The lowest BCUT2D eigenvalue weighted by Crippen LogP contribution is -2.63. The molecule has 2 bridgehead atoms. The molecule has 22 heavy (non-hydrogen) atoms. The second-order valence-corrected chi connectivity index (χ2v) is 7.09. The number of hydrogen-bond donors (Lipinski definition) is 1. The van der Waals surface area contributed by atoms with E-state index in [0.717, 1.165) is 31.4 Å². The minimum atomic E-state index is -0.442.